The number of alkyl halides is 3. The van der Waals surface area contributed by atoms with Gasteiger partial charge in [-0.05, 0) is 0 Å². The second kappa shape index (κ2) is 7.04. The quantitative estimate of drug-likeness (QED) is 0.349. The van der Waals surface area contributed by atoms with Crippen molar-refractivity contribution in [3.63, 3.8) is 0 Å². The van der Waals surface area contributed by atoms with Crippen molar-refractivity contribution in [2.45, 2.75) is 13.0 Å². The zero-order chi connectivity index (χ0) is 16.6. The Hall–Kier alpha value is -0.700. The van der Waals surface area contributed by atoms with Crippen LogP contribution in [-0.4, -0.2) is 27.0 Å². The van der Waals surface area contributed by atoms with Crippen LogP contribution in [0.5, 0.6) is 11.5 Å². The number of benzene rings is 2. The summed E-state index contributed by atoms with van der Waals surface area (Å²) in [5.74, 6) is 1.67. The molecule has 3 nitrogen and oxygen atoms in total. The second-order valence-corrected chi connectivity index (χ2v) is 13.3. The van der Waals surface area contributed by atoms with Crippen molar-refractivity contribution in [3.8, 4) is 22.6 Å². The van der Waals surface area contributed by atoms with E-state index < -0.39 is 19.8 Å². The molecule has 0 saturated heterocycles. The molecule has 0 saturated carbocycles. The fourth-order valence-corrected chi connectivity index (χ4v) is 5.72. The summed E-state index contributed by atoms with van der Waals surface area (Å²) in [5, 5.41) is 0. The van der Waals surface area contributed by atoms with Gasteiger partial charge < -0.3 is 0 Å². The predicted molar refractivity (Wildman–Crippen MR) is 114 cm³/mol. The number of aryl methyl sites for hydroxylation is 1. The number of nitrogens with two attached hydrogens (primary N) is 1. The molecule has 0 bridgehead atoms. The molecule has 0 radical (unpaired) electrons. The Kier molecular flexibility index (Phi) is 5.25. The molecule has 2 N–H and O–H groups in total. The number of nitrogen functional groups attached to an aromatic ring is 1. The van der Waals surface area contributed by atoms with Crippen molar-refractivity contribution in [2.24, 2.45) is 0 Å². The van der Waals surface area contributed by atoms with E-state index in [9.17, 15) is 0 Å². The molecule has 5 heteroatoms. The molecule has 2 aromatic rings. The van der Waals surface area contributed by atoms with Crippen molar-refractivity contribution in [3.05, 3.63) is 39.5 Å². The van der Waals surface area contributed by atoms with E-state index in [2.05, 4.69) is 50.7 Å². The SMILES string of the molecule is Cc1ccc(-c2cc(I)cc3c2O[C@@H](CI(C)C)CO3)c(N)c1. The fraction of sp³-hybridized carbons (Fsp3) is 0.333. The Morgan fingerprint density at radius 1 is 1.22 bits per heavy atom. The number of halogens is 2. The number of rotatable bonds is 3. The number of anilines is 1. The first-order valence-electron chi connectivity index (χ1n) is 7.39. The van der Waals surface area contributed by atoms with E-state index in [1.54, 1.807) is 0 Å². The molecule has 0 unspecified atom stereocenters. The molecule has 1 atom stereocenters. The topological polar surface area (TPSA) is 44.5 Å². The van der Waals surface area contributed by atoms with E-state index in [-0.39, 0.29) is 6.10 Å². The monoisotopic (exact) mass is 537 g/mol. The van der Waals surface area contributed by atoms with Gasteiger partial charge in [-0.2, -0.15) is 0 Å². The van der Waals surface area contributed by atoms with Gasteiger partial charge in [0, 0.05) is 0 Å². The minimum absolute atomic E-state index is 0.160. The molecule has 1 aliphatic rings. The first-order chi connectivity index (χ1) is 10.9. The summed E-state index contributed by atoms with van der Waals surface area (Å²) < 4.78 is 14.6. The van der Waals surface area contributed by atoms with Crippen LogP contribution in [0.4, 0.5) is 5.69 Å². The summed E-state index contributed by atoms with van der Waals surface area (Å²) in [4.78, 5) is 4.71. The van der Waals surface area contributed by atoms with Crippen LogP contribution in [0.3, 0.4) is 0 Å². The molecule has 0 fully saturated rings. The van der Waals surface area contributed by atoms with Crippen LogP contribution >= 0.6 is 42.4 Å². The summed E-state index contributed by atoms with van der Waals surface area (Å²) in [5.41, 5.74) is 10.2. The van der Waals surface area contributed by atoms with E-state index in [0.29, 0.717) is 6.61 Å². The summed E-state index contributed by atoms with van der Waals surface area (Å²) in [6.07, 6.45) is 0.160. The van der Waals surface area contributed by atoms with Gasteiger partial charge in [0.15, 0.2) is 0 Å². The van der Waals surface area contributed by atoms with Crippen LogP contribution in [0.1, 0.15) is 5.56 Å². The number of ether oxygens (including phenoxy) is 2. The number of fused-ring (bicyclic) bond motifs is 1. The average molecular weight is 537 g/mol. The minimum atomic E-state index is -0.869. The molecular formula is C18H21I2NO2. The van der Waals surface area contributed by atoms with E-state index in [1.165, 1.54) is 0 Å². The van der Waals surface area contributed by atoms with Crippen molar-refractivity contribution in [1.82, 2.24) is 0 Å². The van der Waals surface area contributed by atoms with Gasteiger partial charge in [-0.3, -0.25) is 0 Å². The molecule has 0 amide bonds. The molecule has 0 spiro atoms. The van der Waals surface area contributed by atoms with Gasteiger partial charge in [-0.25, -0.2) is 0 Å². The standard InChI is InChI=1S/C18H21I2NO2/c1-11-4-5-14(16(21)6-11)15-7-12(19)8-17-18(15)23-13(10-22-17)9-20(2)3/h4-8,13H,9-10,21H2,1-3H3/t13-/m0/s1. The van der Waals surface area contributed by atoms with Crippen LogP contribution < -0.4 is 15.2 Å². The van der Waals surface area contributed by atoms with Gasteiger partial charge >= 0.3 is 159 Å². The molecule has 23 heavy (non-hydrogen) atoms. The van der Waals surface area contributed by atoms with E-state index in [1.807, 2.05) is 19.1 Å². The Balaban J connectivity index is 2.06. The van der Waals surface area contributed by atoms with Crippen molar-refractivity contribution in [1.29, 1.82) is 0 Å². The van der Waals surface area contributed by atoms with Crippen molar-refractivity contribution >= 4 is 48.1 Å². The Labute approximate surface area is 158 Å². The Bertz CT molecular complexity index is 731. The number of hydrogen-bond donors (Lipinski definition) is 1. The molecule has 3 rings (SSSR count). The van der Waals surface area contributed by atoms with Gasteiger partial charge in [0.1, 0.15) is 0 Å². The third-order valence-corrected chi connectivity index (χ3v) is 7.07. The van der Waals surface area contributed by atoms with Crippen LogP contribution in [0.2, 0.25) is 0 Å². The summed E-state index contributed by atoms with van der Waals surface area (Å²) in [6, 6.07) is 10.3. The molecule has 2 aromatic carbocycles. The van der Waals surface area contributed by atoms with Crippen molar-refractivity contribution < 1.29 is 9.47 Å². The summed E-state index contributed by atoms with van der Waals surface area (Å²) in [6.45, 7) is 2.69. The van der Waals surface area contributed by atoms with Crippen LogP contribution in [0.25, 0.3) is 11.1 Å². The summed E-state index contributed by atoms with van der Waals surface area (Å²) in [7, 11) is 0. The van der Waals surface area contributed by atoms with Gasteiger partial charge in [-0.15, -0.1) is 0 Å². The summed E-state index contributed by atoms with van der Waals surface area (Å²) >= 11 is 1.44. The maximum absolute atomic E-state index is 6.32. The van der Waals surface area contributed by atoms with Crippen molar-refractivity contribution in [2.75, 3.05) is 26.6 Å². The fourth-order valence-electron chi connectivity index (χ4n) is 2.73. The normalized spacial score (nSPS) is 17.0. The van der Waals surface area contributed by atoms with E-state index in [0.717, 1.165) is 41.9 Å². The van der Waals surface area contributed by atoms with Gasteiger partial charge in [0.05, 0.1) is 0 Å². The van der Waals surface area contributed by atoms with Gasteiger partial charge in [0.25, 0.3) is 0 Å². The van der Waals surface area contributed by atoms with Crippen LogP contribution in [-0.2, 0) is 0 Å². The molecular weight excluding hydrogens is 516 g/mol. The molecule has 0 aliphatic carbocycles. The first kappa shape index (κ1) is 17.1. The average Bonchev–Trinajstić information content (AvgIpc) is 2.46. The zero-order valence-electron chi connectivity index (χ0n) is 13.5. The molecule has 1 aliphatic heterocycles. The molecule has 124 valence electrons. The van der Waals surface area contributed by atoms with Crippen LogP contribution in [0.15, 0.2) is 30.3 Å². The zero-order valence-corrected chi connectivity index (χ0v) is 17.8. The van der Waals surface area contributed by atoms with Gasteiger partial charge in [-0.1, -0.05) is 0 Å². The Morgan fingerprint density at radius 3 is 2.70 bits per heavy atom. The second-order valence-electron chi connectivity index (χ2n) is 5.99. The van der Waals surface area contributed by atoms with E-state index >= 15 is 0 Å². The third kappa shape index (κ3) is 3.87. The van der Waals surface area contributed by atoms with Gasteiger partial charge in [0.2, 0.25) is 0 Å². The first-order valence-corrected chi connectivity index (χ1v) is 14.3. The third-order valence-electron chi connectivity index (χ3n) is 3.71. The maximum atomic E-state index is 6.32. The molecule has 0 aromatic heterocycles. The van der Waals surface area contributed by atoms with E-state index in [4.69, 9.17) is 15.2 Å². The Morgan fingerprint density at radius 2 is 2.00 bits per heavy atom. The van der Waals surface area contributed by atoms with Crippen LogP contribution in [0, 0.1) is 10.5 Å². The molecule has 1 heterocycles. The number of hydrogen-bond acceptors (Lipinski definition) is 3. The predicted octanol–water partition coefficient (Wildman–Crippen LogP) is 4.75.